The molecule has 0 radical (unpaired) electrons. The van der Waals surface area contributed by atoms with E-state index < -0.39 is 0 Å². The fourth-order valence-electron chi connectivity index (χ4n) is 4.12. The summed E-state index contributed by atoms with van der Waals surface area (Å²) in [5, 5.41) is 7.05. The number of allylic oxidation sites excluding steroid dienone is 1. The van der Waals surface area contributed by atoms with Gasteiger partial charge in [-0.3, -0.25) is 5.01 Å². The van der Waals surface area contributed by atoms with Gasteiger partial charge in [-0.25, -0.2) is 0 Å². The summed E-state index contributed by atoms with van der Waals surface area (Å²) in [6, 6.07) is 21.3. The first kappa shape index (κ1) is 16.8. The molecule has 0 spiro atoms. The van der Waals surface area contributed by atoms with Crippen molar-refractivity contribution in [2.24, 2.45) is 16.8 Å². The summed E-state index contributed by atoms with van der Waals surface area (Å²) >= 11 is 0. The minimum absolute atomic E-state index is 0.179. The van der Waals surface area contributed by atoms with Crippen molar-refractivity contribution in [3.63, 3.8) is 0 Å². The molecule has 0 bridgehead atoms. The summed E-state index contributed by atoms with van der Waals surface area (Å²) in [6.45, 7) is 3.89. The Bertz CT molecular complexity index is 823. The minimum atomic E-state index is -0.281. The molecule has 1 saturated carbocycles. The van der Waals surface area contributed by atoms with Crippen molar-refractivity contribution < 1.29 is 0 Å². The normalized spacial score (nSPS) is 24.9. The molecular formula is C23H25N3. The molecule has 3 heteroatoms. The number of fused-ring (bicyclic) bond motifs is 1. The Morgan fingerprint density at radius 1 is 1.08 bits per heavy atom. The summed E-state index contributed by atoms with van der Waals surface area (Å²) in [5.41, 5.74) is 11.4. The monoisotopic (exact) mass is 343 g/mol. The fourth-order valence-corrected chi connectivity index (χ4v) is 4.12. The Morgan fingerprint density at radius 3 is 2.46 bits per heavy atom. The van der Waals surface area contributed by atoms with Crippen molar-refractivity contribution in [3.05, 3.63) is 90.0 Å². The SMILES string of the molecule is C=CC(N)N1N=C2/C(=C\c3ccccc3)CCCC2C1c1ccccc1. The molecule has 0 saturated heterocycles. The van der Waals surface area contributed by atoms with Gasteiger partial charge in [-0.1, -0.05) is 73.3 Å². The molecule has 1 heterocycles. The van der Waals surface area contributed by atoms with Crippen LogP contribution in [0.25, 0.3) is 6.08 Å². The van der Waals surface area contributed by atoms with E-state index in [2.05, 4.69) is 73.3 Å². The number of benzene rings is 2. The van der Waals surface area contributed by atoms with Gasteiger partial charge in [-0.2, -0.15) is 5.10 Å². The number of rotatable bonds is 4. The standard InChI is InChI=1S/C23H25N3/c1-2-21(24)26-23(18-12-7-4-8-13-18)20-15-9-14-19(22(20)25-26)16-17-10-5-3-6-11-17/h2-8,10-13,16,20-21,23H,1,9,14-15,24H2/b19-16-. The quantitative estimate of drug-likeness (QED) is 0.814. The maximum Gasteiger partial charge on any atom is 0.113 e. The first-order valence-electron chi connectivity index (χ1n) is 9.34. The third-order valence-corrected chi connectivity index (χ3v) is 5.36. The summed E-state index contributed by atoms with van der Waals surface area (Å²) < 4.78 is 0. The van der Waals surface area contributed by atoms with Gasteiger partial charge < -0.3 is 5.73 Å². The molecule has 2 N–H and O–H groups in total. The van der Waals surface area contributed by atoms with Crippen molar-refractivity contribution in [3.8, 4) is 0 Å². The van der Waals surface area contributed by atoms with Crippen molar-refractivity contribution in [2.45, 2.75) is 31.5 Å². The van der Waals surface area contributed by atoms with Gasteiger partial charge >= 0.3 is 0 Å². The first-order valence-corrected chi connectivity index (χ1v) is 9.34. The van der Waals surface area contributed by atoms with Crippen LogP contribution in [0, 0.1) is 5.92 Å². The lowest BCUT2D eigenvalue weighted by atomic mass is 9.77. The van der Waals surface area contributed by atoms with Gasteiger partial charge in [0.05, 0.1) is 11.8 Å². The molecule has 1 aliphatic carbocycles. The van der Waals surface area contributed by atoms with Crippen LogP contribution in [0.2, 0.25) is 0 Å². The summed E-state index contributed by atoms with van der Waals surface area (Å²) in [5.74, 6) is 0.382. The molecule has 2 aliphatic rings. The van der Waals surface area contributed by atoms with Crippen LogP contribution >= 0.6 is 0 Å². The number of nitrogens with two attached hydrogens (primary N) is 1. The van der Waals surface area contributed by atoms with Gasteiger partial charge in [-0.05, 0) is 42.0 Å². The molecule has 0 aromatic heterocycles. The molecule has 2 aromatic rings. The summed E-state index contributed by atoms with van der Waals surface area (Å²) in [4.78, 5) is 0. The molecule has 1 fully saturated rings. The molecule has 3 nitrogen and oxygen atoms in total. The van der Waals surface area contributed by atoms with E-state index in [9.17, 15) is 0 Å². The zero-order chi connectivity index (χ0) is 17.9. The molecular weight excluding hydrogens is 318 g/mol. The van der Waals surface area contributed by atoms with E-state index in [1.54, 1.807) is 6.08 Å². The van der Waals surface area contributed by atoms with Crippen molar-refractivity contribution in [2.75, 3.05) is 0 Å². The molecule has 4 rings (SSSR count). The smallest absolute Gasteiger partial charge is 0.113 e. The Kier molecular flexibility index (Phi) is 4.72. The third kappa shape index (κ3) is 3.11. The van der Waals surface area contributed by atoms with Crippen LogP contribution in [-0.4, -0.2) is 16.9 Å². The molecule has 3 atom stereocenters. The average molecular weight is 343 g/mol. The van der Waals surface area contributed by atoms with Gasteiger partial charge in [-0.15, -0.1) is 0 Å². The maximum absolute atomic E-state index is 6.34. The van der Waals surface area contributed by atoms with Gasteiger partial charge in [0, 0.05) is 5.92 Å². The highest BCUT2D eigenvalue weighted by Crippen LogP contribution is 2.44. The van der Waals surface area contributed by atoms with Gasteiger partial charge in [0.25, 0.3) is 0 Å². The van der Waals surface area contributed by atoms with E-state index in [0.717, 1.165) is 12.8 Å². The van der Waals surface area contributed by atoms with Crippen LogP contribution in [-0.2, 0) is 0 Å². The van der Waals surface area contributed by atoms with Gasteiger partial charge in [0.15, 0.2) is 0 Å². The van der Waals surface area contributed by atoms with Crippen LogP contribution in [0.3, 0.4) is 0 Å². The van der Waals surface area contributed by atoms with E-state index in [-0.39, 0.29) is 12.2 Å². The number of nitrogens with zero attached hydrogens (tertiary/aromatic N) is 2. The summed E-state index contributed by atoms with van der Waals surface area (Å²) in [7, 11) is 0. The predicted octanol–water partition coefficient (Wildman–Crippen LogP) is 4.75. The second-order valence-electron chi connectivity index (χ2n) is 7.03. The highest BCUT2D eigenvalue weighted by molar-refractivity contribution is 6.07. The Hall–Kier alpha value is -2.65. The third-order valence-electron chi connectivity index (χ3n) is 5.36. The molecule has 26 heavy (non-hydrogen) atoms. The Labute approximate surface area is 155 Å². The predicted molar refractivity (Wildman–Crippen MR) is 108 cm³/mol. The lowest BCUT2D eigenvalue weighted by Crippen LogP contribution is -2.39. The Morgan fingerprint density at radius 2 is 1.77 bits per heavy atom. The highest BCUT2D eigenvalue weighted by atomic mass is 15.5. The molecule has 132 valence electrons. The second-order valence-corrected chi connectivity index (χ2v) is 7.03. The van der Waals surface area contributed by atoms with Crippen LogP contribution in [0.5, 0.6) is 0 Å². The van der Waals surface area contributed by atoms with Gasteiger partial charge in [0.1, 0.15) is 6.17 Å². The Balaban J connectivity index is 1.74. The van der Waals surface area contributed by atoms with Crippen LogP contribution in [0.1, 0.15) is 36.4 Å². The molecule has 3 unspecified atom stereocenters. The van der Waals surface area contributed by atoms with Crippen LogP contribution < -0.4 is 5.73 Å². The zero-order valence-electron chi connectivity index (χ0n) is 15.0. The largest absolute Gasteiger partial charge is 0.307 e. The number of hydrogen-bond donors (Lipinski definition) is 1. The maximum atomic E-state index is 6.34. The molecule has 2 aromatic carbocycles. The minimum Gasteiger partial charge on any atom is -0.307 e. The first-order chi connectivity index (χ1) is 12.8. The van der Waals surface area contributed by atoms with E-state index in [1.807, 2.05) is 5.01 Å². The lowest BCUT2D eigenvalue weighted by Gasteiger charge is -2.32. The summed E-state index contributed by atoms with van der Waals surface area (Å²) in [6.07, 6.45) is 7.18. The van der Waals surface area contributed by atoms with E-state index in [0.29, 0.717) is 5.92 Å². The van der Waals surface area contributed by atoms with Crippen molar-refractivity contribution >= 4 is 11.8 Å². The van der Waals surface area contributed by atoms with Gasteiger partial charge in [0.2, 0.25) is 0 Å². The topological polar surface area (TPSA) is 41.6 Å². The fraction of sp³-hybridized carbons (Fsp3) is 0.261. The molecule has 1 aliphatic heterocycles. The van der Waals surface area contributed by atoms with E-state index in [4.69, 9.17) is 10.8 Å². The average Bonchev–Trinajstić information content (AvgIpc) is 3.09. The molecule has 0 amide bonds. The highest BCUT2D eigenvalue weighted by Gasteiger charge is 2.42. The van der Waals surface area contributed by atoms with E-state index in [1.165, 1.54) is 28.8 Å². The zero-order valence-corrected chi connectivity index (χ0v) is 15.0. The number of hydrazone groups is 1. The lowest BCUT2D eigenvalue weighted by molar-refractivity contribution is 0.163. The number of hydrogen-bond acceptors (Lipinski definition) is 3. The van der Waals surface area contributed by atoms with Crippen molar-refractivity contribution in [1.29, 1.82) is 0 Å². The van der Waals surface area contributed by atoms with Crippen molar-refractivity contribution in [1.82, 2.24) is 5.01 Å². The van der Waals surface area contributed by atoms with Crippen LogP contribution in [0.4, 0.5) is 0 Å². The van der Waals surface area contributed by atoms with Crippen LogP contribution in [0.15, 0.2) is 84.0 Å². The van der Waals surface area contributed by atoms with E-state index >= 15 is 0 Å². The second kappa shape index (κ2) is 7.30.